The molecule has 1 aromatic carbocycles. The molecule has 0 bridgehead atoms. The molecular formula is C13H18BrNO2. The van der Waals surface area contributed by atoms with Crippen LogP contribution in [0.4, 0.5) is 5.69 Å². The van der Waals surface area contributed by atoms with Gasteiger partial charge in [0.25, 0.3) is 0 Å². The van der Waals surface area contributed by atoms with Crippen LogP contribution in [-0.2, 0) is 0 Å². The Hall–Kier alpha value is -0.580. The molecular weight excluding hydrogens is 282 g/mol. The summed E-state index contributed by atoms with van der Waals surface area (Å²) in [6, 6.07) is 6.47. The first-order chi connectivity index (χ1) is 8.13. The van der Waals surface area contributed by atoms with Gasteiger partial charge in [-0.3, -0.25) is 0 Å². The third-order valence-corrected chi connectivity index (χ3v) is 3.73. The van der Waals surface area contributed by atoms with E-state index < -0.39 is 6.10 Å². The van der Waals surface area contributed by atoms with Gasteiger partial charge in [0.05, 0.1) is 18.4 Å². The van der Waals surface area contributed by atoms with Crippen LogP contribution in [0.25, 0.3) is 0 Å². The van der Waals surface area contributed by atoms with Gasteiger partial charge in [0.2, 0.25) is 0 Å². The summed E-state index contributed by atoms with van der Waals surface area (Å²) in [5.41, 5.74) is 2.01. The molecule has 1 saturated carbocycles. The zero-order valence-electron chi connectivity index (χ0n) is 9.93. The molecule has 0 saturated heterocycles. The van der Waals surface area contributed by atoms with Crippen molar-refractivity contribution in [1.29, 1.82) is 0 Å². The summed E-state index contributed by atoms with van der Waals surface area (Å²) < 4.78 is 0.983. The lowest BCUT2D eigenvalue weighted by Gasteiger charge is -2.25. The second-order valence-electron chi connectivity index (χ2n) is 4.53. The minimum atomic E-state index is -0.451. The molecule has 0 aromatic heterocycles. The van der Waals surface area contributed by atoms with Gasteiger partial charge in [-0.15, -0.1) is 0 Å². The van der Waals surface area contributed by atoms with Gasteiger partial charge in [0.1, 0.15) is 0 Å². The number of hydrogen-bond acceptors (Lipinski definition) is 3. The number of benzene rings is 1. The van der Waals surface area contributed by atoms with Crippen molar-refractivity contribution >= 4 is 21.6 Å². The van der Waals surface area contributed by atoms with Crippen LogP contribution in [-0.4, -0.2) is 29.4 Å². The Balaban J connectivity index is 2.24. The second-order valence-corrected chi connectivity index (χ2v) is 5.39. The molecule has 2 rings (SSSR count). The predicted octanol–water partition coefficient (Wildman–Crippen LogP) is 2.46. The van der Waals surface area contributed by atoms with E-state index in [0.717, 1.165) is 15.7 Å². The first-order valence-electron chi connectivity index (χ1n) is 5.98. The number of aliphatic hydroxyl groups is 2. The van der Waals surface area contributed by atoms with E-state index >= 15 is 0 Å². The molecule has 1 aromatic rings. The summed E-state index contributed by atoms with van der Waals surface area (Å²) in [5, 5.41) is 18.6. The number of halogens is 1. The fourth-order valence-corrected chi connectivity index (χ4v) is 2.63. The zero-order valence-corrected chi connectivity index (χ0v) is 11.5. The lowest BCUT2D eigenvalue weighted by molar-refractivity contribution is 0.199. The summed E-state index contributed by atoms with van der Waals surface area (Å²) in [6.07, 6.45) is 1.95. The van der Waals surface area contributed by atoms with Crippen molar-refractivity contribution in [2.75, 3.05) is 18.1 Å². The van der Waals surface area contributed by atoms with E-state index in [4.69, 9.17) is 5.11 Å². The van der Waals surface area contributed by atoms with E-state index in [1.54, 1.807) is 6.92 Å². The largest absolute Gasteiger partial charge is 0.395 e. The molecule has 0 spiro atoms. The van der Waals surface area contributed by atoms with Crippen LogP contribution < -0.4 is 4.90 Å². The molecule has 0 heterocycles. The highest BCUT2D eigenvalue weighted by Gasteiger charge is 2.29. The lowest BCUT2D eigenvalue weighted by Crippen LogP contribution is -2.29. The molecule has 0 aliphatic heterocycles. The average molecular weight is 300 g/mol. The third kappa shape index (κ3) is 3.00. The van der Waals surface area contributed by atoms with Crippen LogP contribution in [0.2, 0.25) is 0 Å². The summed E-state index contributed by atoms with van der Waals surface area (Å²) in [7, 11) is 0. The number of hydrogen-bond donors (Lipinski definition) is 2. The molecule has 1 aliphatic rings. The van der Waals surface area contributed by atoms with Crippen molar-refractivity contribution in [3.8, 4) is 0 Å². The average Bonchev–Trinajstić information content (AvgIpc) is 3.10. The molecule has 3 nitrogen and oxygen atoms in total. The highest BCUT2D eigenvalue weighted by atomic mass is 79.9. The van der Waals surface area contributed by atoms with Crippen LogP contribution in [0.1, 0.15) is 31.4 Å². The van der Waals surface area contributed by atoms with E-state index in [1.165, 1.54) is 12.8 Å². The summed E-state index contributed by atoms with van der Waals surface area (Å²) in [5.74, 6) is 0. The number of aliphatic hydroxyl groups excluding tert-OH is 2. The first kappa shape index (κ1) is 12.9. The standard InChI is InChI=1S/C13H18BrNO2/c1-9(17)10-2-5-13(12(14)8-10)15(6-7-16)11-3-4-11/h2,5,8-9,11,16-17H,3-4,6-7H2,1H3/t9-/m1/s1. The van der Waals surface area contributed by atoms with Crippen LogP contribution in [0, 0.1) is 0 Å². The molecule has 1 fully saturated rings. The van der Waals surface area contributed by atoms with Crippen molar-refractivity contribution in [3.63, 3.8) is 0 Å². The van der Waals surface area contributed by atoms with E-state index in [0.29, 0.717) is 12.6 Å². The molecule has 0 radical (unpaired) electrons. The Bertz CT molecular complexity index is 391. The second kappa shape index (κ2) is 5.38. The minimum absolute atomic E-state index is 0.168. The van der Waals surface area contributed by atoms with Gasteiger partial charge in [-0.25, -0.2) is 0 Å². The maximum Gasteiger partial charge on any atom is 0.0762 e. The highest BCUT2D eigenvalue weighted by Crippen LogP contribution is 2.36. The number of anilines is 1. The summed E-state index contributed by atoms with van der Waals surface area (Å²) >= 11 is 3.55. The van der Waals surface area contributed by atoms with Crippen molar-refractivity contribution in [2.45, 2.75) is 31.9 Å². The maximum atomic E-state index is 9.53. The first-order valence-corrected chi connectivity index (χ1v) is 6.77. The predicted molar refractivity (Wildman–Crippen MR) is 72.2 cm³/mol. The molecule has 0 amide bonds. The maximum absolute atomic E-state index is 9.53. The fourth-order valence-electron chi connectivity index (χ4n) is 2.01. The van der Waals surface area contributed by atoms with Crippen LogP contribution >= 0.6 is 15.9 Å². The topological polar surface area (TPSA) is 43.7 Å². The zero-order chi connectivity index (χ0) is 12.4. The van der Waals surface area contributed by atoms with Gasteiger partial charge >= 0.3 is 0 Å². The Morgan fingerprint density at radius 1 is 1.47 bits per heavy atom. The van der Waals surface area contributed by atoms with E-state index in [-0.39, 0.29) is 6.61 Å². The van der Waals surface area contributed by atoms with Gasteiger partial charge in [-0.2, -0.15) is 0 Å². The van der Waals surface area contributed by atoms with Crippen molar-refractivity contribution in [2.24, 2.45) is 0 Å². The van der Waals surface area contributed by atoms with E-state index in [2.05, 4.69) is 20.8 Å². The SMILES string of the molecule is C[C@@H](O)c1ccc(N(CCO)C2CC2)c(Br)c1. The van der Waals surface area contributed by atoms with E-state index in [1.807, 2.05) is 18.2 Å². The van der Waals surface area contributed by atoms with Crippen LogP contribution in [0.15, 0.2) is 22.7 Å². The van der Waals surface area contributed by atoms with Gasteiger partial charge in [-0.05, 0) is 53.4 Å². The van der Waals surface area contributed by atoms with Gasteiger partial charge in [-0.1, -0.05) is 6.07 Å². The molecule has 94 valence electrons. The Kier molecular flexibility index (Phi) is 4.07. The van der Waals surface area contributed by atoms with Crippen LogP contribution in [0.3, 0.4) is 0 Å². The molecule has 2 N–H and O–H groups in total. The quantitative estimate of drug-likeness (QED) is 0.878. The molecule has 1 atom stereocenters. The Morgan fingerprint density at radius 2 is 2.18 bits per heavy atom. The normalized spacial score (nSPS) is 16.9. The van der Waals surface area contributed by atoms with Crippen molar-refractivity contribution < 1.29 is 10.2 Å². The lowest BCUT2D eigenvalue weighted by atomic mass is 10.1. The fraction of sp³-hybridized carbons (Fsp3) is 0.538. The molecule has 17 heavy (non-hydrogen) atoms. The molecule has 4 heteroatoms. The number of nitrogens with zero attached hydrogens (tertiary/aromatic N) is 1. The molecule has 1 aliphatic carbocycles. The van der Waals surface area contributed by atoms with E-state index in [9.17, 15) is 5.11 Å². The van der Waals surface area contributed by atoms with Gasteiger partial charge < -0.3 is 15.1 Å². The Morgan fingerprint density at radius 3 is 2.65 bits per heavy atom. The van der Waals surface area contributed by atoms with Gasteiger partial charge in [0, 0.05) is 17.1 Å². The molecule has 0 unspecified atom stereocenters. The van der Waals surface area contributed by atoms with Crippen molar-refractivity contribution in [3.05, 3.63) is 28.2 Å². The minimum Gasteiger partial charge on any atom is -0.395 e. The Labute approximate surface area is 110 Å². The summed E-state index contributed by atoms with van der Waals surface area (Å²) in [4.78, 5) is 2.23. The number of rotatable bonds is 5. The van der Waals surface area contributed by atoms with Crippen LogP contribution in [0.5, 0.6) is 0 Å². The monoisotopic (exact) mass is 299 g/mol. The highest BCUT2D eigenvalue weighted by molar-refractivity contribution is 9.10. The smallest absolute Gasteiger partial charge is 0.0762 e. The third-order valence-electron chi connectivity index (χ3n) is 3.09. The van der Waals surface area contributed by atoms with Gasteiger partial charge in [0.15, 0.2) is 0 Å². The van der Waals surface area contributed by atoms with Crippen molar-refractivity contribution in [1.82, 2.24) is 0 Å². The summed E-state index contributed by atoms with van der Waals surface area (Å²) in [6.45, 7) is 2.59.